The molecule has 2 rings (SSSR count). The molecule has 1 atom stereocenters. The molecule has 0 saturated heterocycles. The quantitative estimate of drug-likeness (QED) is 0.136. The van der Waals surface area contributed by atoms with Crippen molar-refractivity contribution in [1.29, 1.82) is 5.26 Å². The minimum Gasteiger partial charge on any atom is -0.425 e. The summed E-state index contributed by atoms with van der Waals surface area (Å²) < 4.78 is 10.7. The lowest BCUT2D eigenvalue weighted by Gasteiger charge is -2.17. The van der Waals surface area contributed by atoms with E-state index < -0.39 is 17.4 Å². The molecule has 0 fully saturated rings. The molecule has 6 heteroatoms. The van der Waals surface area contributed by atoms with Crippen LogP contribution in [0.15, 0.2) is 42.6 Å². The molecule has 0 saturated carbocycles. The second kappa shape index (κ2) is 15.7. The van der Waals surface area contributed by atoms with Gasteiger partial charge in [0.15, 0.2) is 5.41 Å². The number of rotatable bonds is 16. The summed E-state index contributed by atoms with van der Waals surface area (Å²) in [6.45, 7) is 5.55. The number of carbonyl (C=O) groups is 2. The zero-order chi connectivity index (χ0) is 26.2. The Morgan fingerprint density at radius 3 is 1.89 bits per heavy atom. The first-order valence-electron chi connectivity index (χ1n) is 13.3. The van der Waals surface area contributed by atoms with Gasteiger partial charge in [-0.3, -0.25) is 0 Å². The van der Waals surface area contributed by atoms with Crippen LogP contribution in [0.5, 0.6) is 11.5 Å². The highest BCUT2D eigenvalue weighted by atomic mass is 16.5. The summed E-state index contributed by atoms with van der Waals surface area (Å²) in [7, 11) is 0. The van der Waals surface area contributed by atoms with Crippen LogP contribution in [0.2, 0.25) is 0 Å². The maximum absolute atomic E-state index is 12.4. The van der Waals surface area contributed by atoms with Crippen molar-refractivity contribution in [3.05, 3.63) is 53.9 Å². The Morgan fingerprint density at radius 1 is 0.833 bits per heavy atom. The number of carbonyl (C=O) groups excluding carboxylic acids is 2. The molecule has 0 aliphatic carbocycles. The summed E-state index contributed by atoms with van der Waals surface area (Å²) in [5.74, 6) is -0.564. The van der Waals surface area contributed by atoms with Crippen LogP contribution in [-0.2, 0) is 11.2 Å². The first-order chi connectivity index (χ1) is 17.4. The van der Waals surface area contributed by atoms with Gasteiger partial charge in [0.05, 0.1) is 6.07 Å². The SMILES string of the molecule is CCCCCCCCCCCCc1ccc(C(=O)Oc2ccc(OC(=O)C(C)(C#N)CC)cc2)nc1. The molecule has 0 bridgehead atoms. The lowest BCUT2D eigenvalue weighted by atomic mass is 9.90. The highest BCUT2D eigenvalue weighted by molar-refractivity contribution is 5.89. The van der Waals surface area contributed by atoms with Crippen molar-refractivity contribution in [3.8, 4) is 17.6 Å². The fourth-order valence-corrected chi connectivity index (χ4v) is 3.73. The summed E-state index contributed by atoms with van der Waals surface area (Å²) in [6.07, 6.45) is 16.1. The molecule has 6 nitrogen and oxygen atoms in total. The molecule has 0 amide bonds. The molecule has 0 spiro atoms. The van der Waals surface area contributed by atoms with Crippen molar-refractivity contribution in [2.45, 2.75) is 97.8 Å². The van der Waals surface area contributed by atoms with E-state index in [0.717, 1.165) is 18.4 Å². The Kier molecular flexibility index (Phi) is 12.7. The summed E-state index contributed by atoms with van der Waals surface area (Å²) in [5.41, 5.74) is 0.162. The van der Waals surface area contributed by atoms with Crippen molar-refractivity contribution < 1.29 is 19.1 Å². The number of pyridine rings is 1. The van der Waals surface area contributed by atoms with Crippen LogP contribution in [0.4, 0.5) is 0 Å². The van der Waals surface area contributed by atoms with Gasteiger partial charge in [-0.1, -0.05) is 77.7 Å². The van der Waals surface area contributed by atoms with Crippen LogP contribution < -0.4 is 9.47 Å². The average molecular weight is 493 g/mol. The zero-order valence-electron chi connectivity index (χ0n) is 22.1. The Bertz CT molecular complexity index is 980. The molecule has 1 aromatic carbocycles. The number of hydrogen-bond donors (Lipinski definition) is 0. The maximum atomic E-state index is 12.4. The third-order valence-electron chi connectivity index (χ3n) is 6.50. The predicted molar refractivity (Wildman–Crippen MR) is 141 cm³/mol. The van der Waals surface area contributed by atoms with Gasteiger partial charge in [0.25, 0.3) is 0 Å². The van der Waals surface area contributed by atoms with E-state index in [9.17, 15) is 14.9 Å². The van der Waals surface area contributed by atoms with Crippen molar-refractivity contribution in [1.82, 2.24) is 4.98 Å². The molecule has 1 aromatic heterocycles. The lowest BCUT2D eigenvalue weighted by Crippen LogP contribution is -2.29. The predicted octanol–water partition coefficient (Wildman–Crippen LogP) is 7.61. The Morgan fingerprint density at radius 2 is 1.39 bits per heavy atom. The Hall–Kier alpha value is -3.20. The molecule has 36 heavy (non-hydrogen) atoms. The Labute approximate surface area is 216 Å². The number of aryl methyl sites for hydroxylation is 1. The third kappa shape index (κ3) is 9.81. The number of esters is 2. The van der Waals surface area contributed by atoms with E-state index >= 15 is 0 Å². The van der Waals surface area contributed by atoms with Crippen molar-refractivity contribution in [2.75, 3.05) is 0 Å². The maximum Gasteiger partial charge on any atom is 0.362 e. The van der Waals surface area contributed by atoms with Gasteiger partial charge >= 0.3 is 11.9 Å². The zero-order valence-corrected chi connectivity index (χ0v) is 22.1. The fraction of sp³-hybridized carbons (Fsp3) is 0.533. The van der Waals surface area contributed by atoms with E-state index in [-0.39, 0.29) is 11.4 Å². The van der Waals surface area contributed by atoms with E-state index in [2.05, 4.69) is 11.9 Å². The summed E-state index contributed by atoms with van der Waals surface area (Å²) in [6, 6.07) is 11.7. The minimum absolute atomic E-state index is 0.241. The van der Waals surface area contributed by atoms with E-state index in [4.69, 9.17) is 9.47 Å². The summed E-state index contributed by atoms with van der Waals surface area (Å²) >= 11 is 0. The van der Waals surface area contributed by atoms with Crippen LogP contribution in [0.25, 0.3) is 0 Å². The number of ether oxygens (including phenoxy) is 2. The van der Waals surface area contributed by atoms with E-state index in [1.54, 1.807) is 26.1 Å². The van der Waals surface area contributed by atoms with Crippen molar-refractivity contribution in [2.24, 2.45) is 5.41 Å². The first kappa shape index (κ1) is 29.0. The van der Waals surface area contributed by atoms with E-state index in [0.29, 0.717) is 12.2 Å². The highest BCUT2D eigenvalue weighted by Gasteiger charge is 2.33. The Balaban J connectivity index is 1.71. The smallest absolute Gasteiger partial charge is 0.362 e. The van der Waals surface area contributed by atoms with Crippen molar-refractivity contribution >= 4 is 11.9 Å². The molecule has 0 radical (unpaired) electrons. The molecule has 0 aliphatic heterocycles. The summed E-state index contributed by atoms with van der Waals surface area (Å²) in [4.78, 5) is 28.9. The molecule has 0 aliphatic rings. The highest BCUT2D eigenvalue weighted by Crippen LogP contribution is 2.25. The number of nitriles is 1. The van der Waals surface area contributed by atoms with Crippen LogP contribution in [-0.4, -0.2) is 16.9 Å². The van der Waals surface area contributed by atoms with Crippen LogP contribution in [0.1, 0.15) is 107 Å². The second-order valence-corrected chi connectivity index (χ2v) is 9.53. The molecule has 1 heterocycles. The van der Waals surface area contributed by atoms with Gasteiger partial charge in [-0.15, -0.1) is 0 Å². The fourth-order valence-electron chi connectivity index (χ4n) is 3.73. The second-order valence-electron chi connectivity index (χ2n) is 9.53. The average Bonchev–Trinajstić information content (AvgIpc) is 2.90. The van der Waals surface area contributed by atoms with Gasteiger partial charge in [0.1, 0.15) is 17.2 Å². The van der Waals surface area contributed by atoms with Gasteiger partial charge in [-0.05, 0) is 62.1 Å². The monoisotopic (exact) mass is 492 g/mol. The molecule has 194 valence electrons. The minimum atomic E-state index is -1.20. The largest absolute Gasteiger partial charge is 0.425 e. The molecular weight excluding hydrogens is 452 g/mol. The van der Waals surface area contributed by atoms with E-state index in [1.807, 2.05) is 12.1 Å². The normalized spacial score (nSPS) is 12.4. The van der Waals surface area contributed by atoms with Gasteiger partial charge in [0.2, 0.25) is 0 Å². The van der Waals surface area contributed by atoms with Gasteiger partial charge in [-0.2, -0.15) is 5.26 Å². The topological polar surface area (TPSA) is 89.3 Å². The molecule has 2 aromatic rings. The van der Waals surface area contributed by atoms with Gasteiger partial charge in [0, 0.05) is 6.20 Å². The standard InChI is InChI=1S/C30H40N2O4/c1-4-6-7-8-9-10-11-12-13-14-15-24-16-21-27(32-22-24)28(33)35-25-17-19-26(20-18-25)36-29(34)30(3,5-2)23-31/h16-22H,4-15H2,1-3H3. The van der Waals surface area contributed by atoms with E-state index in [1.165, 1.54) is 82.1 Å². The van der Waals surface area contributed by atoms with Crippen LogP contribution in [0.3, 0.4) is 0 Å². The number of hydrogen-bond acceptors (Lipinski definition) is 6. The van der Waals surface area contributed by atoms with Gasteiger partial charge in [-0.25, -0.2) is 14.6 Å². The lowest BCUT2D eigenvalue weighted by molar-refractivity contribution is -0.142. The molecular formula is C30H40N2O4. The van der Waals surface area contributed by atoms with Crippen LogP contribution in [0, 0.1) is 16.7 Å². The number of aromatic nitrogens is 1. The number of unbranched alkanes of at least 4 members (excludes halogenated alkanes) is 9. The van der Waals surface area contributed by atoms with Gasteiger partial charge < -0.3 is 9.47 Å². The number of benzene rings is 1. The summed E-state index contributed by atoms with van der Waals surface area (Å²) in [5, 5.41) is 9.20. The first-order valence-corrected chi connectivity index (χ1v) is 13.3. The van der Waals surface area contributed by atoms with Crippen LogP contribution >= 0.6 is 0 Å². The van der Waals surface area contributed by atoms with Crippen molar-refractivity contribution in [3.63, 3.8) is 0 Å². The molecule has 0 N–H and O–H groups in total. The third-order valence-corrected chi connectivity index (χ3v) is 6.50. The molecule has 1 unspecified atom stereocenters. The number of nitrogens with zero attached hydrogens (tertiary/aromatic N) is 2.